The molecule has 7 heteroatoms. The molecule has 0 fully saturated rings. The molecule has 0 radical (unpaired) electrons. The highest BCUT2D eigenvalue weighted by atomic mass is 16.5. The van der Waals surface area contributed by atoms with Crippen molar-refractivity contribution in [1.82, 2.24) is 16.0 Å². The topological polar surface area (TPSA) is 96.5 Å². The monoisotopic (exact) mass is 369 g/mol. The Kier molecular flexibility index (Phi) is 7.84. The zero-order valence-electron chi connectivity index (χ0n) is 15.2. The fourth-order valence-corrected chi connectivity index (χ4v) is 2.20. The van der Waals surface area contributed by atoms with Crippen LogP contribution in [0.25, 0.3) is 0 Å². The Labute approximate surface area is 158 Å². The van der Waals surface area contributed by atoms with E-state index in [0.717, 1.165) is 12.0 Å². The lowest BCUT2D eigenvalue weighted by atomic mass is 10.2. The standard InChI is InChI=1S/C20H23N3O4/c1-2-11-21-20(26)23-18(24)14-27-17-10-6-9-16(12-17)19(25)22-13-15-7-4-3-5-8-15/h3-10,12H,2,11,13-14H2,1H3,(H,22,25)(H2,21,23,24,26). The number of urea groups is 1. The number of ether oxygens (including phenoxy) is 1. The van der Waals surface area contributed by atoms with Crippen molar-refractivity contribution < 1.29 is 19.1 Å². The third kappa shape index (κ3) is 7.19. The van der Waals surface area contributed by atoms with E-state index in [9.17, 15) is 14.4 Å². The summed E-state index contributed by atoms with van der Waals surface area (Å²) in [6.07, 6.45) is 0.775. The van der Waals surface area contributed by atoms with Crippen LogP contribution in [0.4, 0.5) is 4.79 Å². The average molecular weight is 369 g/mol. The molecule has 0 spiro atoms. The summed E-state index contributed by atoms with van der Waals surface area (Å²) in [5.41, 5.74) is 1.42. The molecule has 0 aliphatic carbocycles. The number of amides is 4. The van der Waals surface area contributed by atoms with E-state index in [0.29, 0.717) is 24.4 Å². The zero-order chi connectivity index (χ0) is 19.5. The Morgan fingerprint density at radius 1 is 0.963 bits per heavy atom. The molecule has 142 valence electrons. The molecule has 0 atom stereocenters. The van der Waals surface area contributed by atoms with Gasteiger partial charge in [-0.1, -0.05) is 43.3 Å². The minimum atomic E-state index is -0.567. The average Bonchev–Trinajstić information content (AvgIpc) is 2.70. The van der Waals surface area contributed by atoms with Crippen LogP contribution in [0.15, 0.2) is 54.6 Å². The summed E-state index contributed by atoms with van der Waals surface area (Å²) in [4.78, 5) is 35.4. The molecule has 0 bridgehead atoms. The zero-order valence-corrected chi connectivity index (χ0v) is 15.2. The number of rotatable bonds is 8. The van der Waals surface area contributed by atoms with Crippen molar-refractivity contribution in [1.29, 1.82) is 0 Å². The summed E-state index contributed by atoms with van der Waals surface area (Å²) in [6.45, 7) is 2.49. The predicted molar refractivity (Wildman–Crippen MR) is 101 cm³/mol. The second-order valence-electron chi connectivity index (χ2n) is 5.79. The van der Waals surface area contributed by atoms with E-state index in [1.165, 1.54) is 0 Å². The van der Waals surface area contributed by atoms with Gasteiger partial charge < -0.3 is 15.4 Å². The Morgan fingerprint density at radius 3 is 2.48 bits per heavy atom. The van der Waals surface area contributed by atoms with Gasteiger partial charge in [0.2, 0.25) is 0 Å². The first-order valence-electron chi connectivity index (χ1n) is 8.71. The van der Waals surface area contributed by atoms with Gasteiger partial charge in [0, 0.05) is 18.7 Å². The molecule has 2 rings (SSSR count). The van der Waals surface area contributed by atoms with Crippen LogP contribution in [0.3, 0.4) is 0 Å². The number of hydrogen-bond acceptors (Lipinski definition) is 4. The second kappa shape index (κ2) is 10.6. The van der Waals surface area contributed by atoms with Crippen LogP contribution in [0, 0.1) is 0 Å². The van der Waals surface area contributed by atoms with Crippen molar-refractivity contribution in [2.45, 2.75) is 19.9 Å². The molecule has 0 aliphatic heterocycles. The highest BCUT2D eigenvalue weighted by Gasteiger charge is 2.10. The molecule has 3 N–H and O–H groups in total. The van der Waals surface area contributed by atoms with Crippen LogP contribution < -0.4 is 20.7 Å². The molecule has 0 heterocycles. The summed E-state index contributed by atoms with van der Waals surface area (Å²) in [6, 6.07) is 15.5. The van der Waals surface area contributed by atoms with Crippen LogP contribution in [-0.4, -0.2) is 31.0 Å². The molecular formula is C20H23N3O4. The first kappa shape index (κ1) is 20.0. The van der Waals surface area contributed by atoms with Crippen LogP contribution in [0.2, 0.25) is 0 Å². The maximum Gasteiger partial charge on any atom is 0.321 e. The lowest BCUT2D eigenvalue weighted by molar-refractivity contribution is -0.122. The highest BCUT2D eigenvalue weighted by molar-refractivity contribution is 5.95. The number of carbonyl (C=O) groups excluding carboxylic acids is 3. The summed E-state index contributed by atoms with van der Waals surface area (Å²) in [5.74, 6) is -0.443. The van der Waals surface area contributed by atoms with Gasteiger partial charge in [0.05, 0.1) is 0 Å². The molecule has 2 aromatic carbocycles. The number of hydrogen-bond donors (Lipinski definition) is 3. The molecule has 0 saturated carbocycles. The van der Waals surface area contributed by atoms with E-state index in [-0.39, 0.29) is 12.5 Å². The summed E-state index contributed by atoms with van der Waals surface area (Å²) < 4.78 is 5.35. The fourth-order valence-electron chi connectivity index (χ4n) is 2.20. The number of imide groups is 1. The summed E-state index contributed by atoms with van der Waals surface area (Å²) in [7, 11) is 0. The molecule has 0 aromatic heterocycles. The van der Waals surface area contributed by atoms with E-state index in [4.69, 9.17) is 4.74 Å². The number of benzene rings is 2. The van der Waals surface area contributed by atoms with Crippen molar-refractivity contribution >= 4 is 17.8 Å². The van der Waals surface area contributed by atoms with Gasteiger partial charge >= 0.3 is 6.03 Å². The molecule has 0 saturated heterocycles. The number of nitrogens with one attached hydrogen (secondary N) is 3. The Bertz CT molecular complexity index is 778. The largest absolute Gasteiger partial charge is 0.484 e. The van der Waals surface area contributed by atoms with Gasteiger partial charge in [-0.05, 0) is 30.2 Å². The van der Waals surface area contributed by atoms with Crippen molar-refractivity contribution in [2.24, 2.45) is 0 Å². The molecule has 4 amide bonds. The van der Waals surface area contributed by atoms with Crippen molar-refractivity contribution in [3.8, 4) is 5.75 Å². The third-order valence-corrected chi connectivity index (χ3v) is 3.55. The molecule has 2 aromatic rings. The van der Waals surface area contributed by atoms with E-state index < -0.39 is 11.9 Å². The molecule has 27 heavy (non-hydrogen) atoms. The predicted octanol–water partition coefficient (Wildman–Crippen LogP) is 2.23. The fraction of sp³-hybridized carbons (Fsp3) is 0.250. The first-order chi connectivity index (χ1) is 13.1. The third-order valence-electron chi connectivity index (χ3n) is 3.55. The van der Waals surface area contributed by atoms with Crippen LogP contribution in [0.5, 0.6) is 5.75 Å². The molecule has 0 aliphatic rings. The smallest absolute Gasteiger partial charge is 0.321 e. The van der Waals surface area contributed by atoms with E-state index in [1.54, 1.807) is 24.3 Å². The Morgan fingerprint density at radius 2 is 1.74 bits per heavy atom. The minimum Gasteiger partial charge on any atom is -0.484 e. The normalized spacial score (nSPS) is 9.96. The van der Waals surface area contributed by atoms with Crippen molar-refractivity contribution in [3.63, 3.8) is 0 Å². The van der Waals surface area contributed by atoms with Crippen LogP contribution >= 0.6 is 0 Å². The van der Waals surface area contributed by atoms with Gasteiger partial charge in [-0.15, -0.1) is 0 Å². The van der Waals surface area contributed by atoms with Gasteiger partial charge in [-0.3, -0.25) is 14.9 Å². The maximum absolute atomic E-state index is 12.3. The summed E-state index contributed by atoms with van der Waals surface area (Å²) >= 11 is 0. The highest BCUT2D eigenvalue weighted by Crippen LogP contribution is 2.13. The lowest BCUT2D eigenvalue weighted by Gasteiger charge is -2.09. The molecular weight excluding hydrogens is 346 g/mol. The SMILES string of the molecule is CCCNC(=O)NC(=O)COc1cccc(C(=O)NCc2ccccc2)c1. The van der Waals surface area contributed by atoms with Gasteiger partial charge in [0.15, 0.2) is 6.61 Å². The van der Waals surface area contributed by atoms with Crippen molar-refractivity contribution in [2.75, 3.05) is 13.2 Å². The van der Waals surface area contributed by atoms with Gasteiger partial charge in [0.1, 0.15) is 5.75 Å². The summed E-state index contributed by atoms with van der Waals surface area (Å²) in [5, 5.41) is 7.53. The maximum atomic E-state index is 12.3. The number of carbonyl (C=O) groups is 3. The molecule has 0 unspecified atom stereocenters. The van der Waals surface area contributed by atoms with E-state index >= 15 is 0 Å². The van der Waals surface area contributed by atoms with Gasteiger partial charge in [-0.25, -0.2) is 4.79 Å². The van der Waals surface area contributed by atoms with E-state index in [1.807, 2.05) is 37.3 Å². The Balaban J connectivity index is 1.82. The minimum absolute atomic E-state index is 0.243. The van der Waals surface area contributed by atoms with Gasteiger partial charge in [0.25, 0.3) is 11.8 Å². The van der Waals surface area contributed by atoms with Crippen LogP contribution in [-0.2, 0) is 11.3 Å². The van der Waals surface area contributed by atoms with E-state index in [2.05, 4.69) is 16.0 Å². The van der Waals surface area contributed by atoms with Crippen molar-refractivity contribution in [3.05, 3.63) is 65.7 Å². The lowest BCUT2D eigenvalue weighted by Crippen LogP contribution is -2.41. The molecule has 7 nitrogen and oxygen atoms in total. The quantitative estimate of drug-likeness (QED) is 0.665. The Hall–Kier alpha value is -3.35. The van der Waals surface area contributed by atoms with Crippen LogP contribution in [0.1, 0.15) is 29.3 Å². The van der Waals surface area contributed by atoms with Gasteiger partial charge in [-0.2, -0.15) is 0 Å². The second-order valence-corrected chi connectivity index (χ2v) is 5.79. The first-order valence-corrected chi connectivity index (χ1v) is 8.71.